The number of hydrogen-bond acceptors (Lipinski definition) is 3. The van der Waals surface area contributed by atoms with E-state index in [1.165, 1.54) is 6.07 Å². The molecule has 20 heavy (non-hydrogen) atoms. The van der Waals surface area contributed by atoms with Gasteiger partial charge in [-0.2, -0.15) is 0 Å². The summed E-state index contributed by atoms with van der Waals surface area (Å²) >= 11 is 0. The van der Waals surface area contributed by atoms with Crippen molar-refractivity contribution in [1.29, 1.82) is 0 Å². The van der Waals surface area contributed by atoms with Crippen LogP contribution in [0.4, 0.5) is 4.39 Å². The lowest BCUT2D eigenvalue weighted by atomic mass is 10.1. The average molecular weight is 277 g/mol. The second-order valence-electron chi connectivity index (χ2n) is 4.62. The van der Waals surface area contributed by atoms with E-state index in [2.05, 4.69) is 10.3 Å². The van der Waals surface area contributed by atoms with E-state index in [0.717, 1.165) is 17.9 Å². The lowest BCUT2D eigenvalue weighted by Gasteiger charge is -2.13. The maximum absolute atomic E-state index is 14.0. The Kier molecular flexibility index (Phi) is 4.74. The maximum atomic E-state index is 14.0. The molecule has 1 heterocycles. The van der Waals surface area contributed by atoms with Gasteiger partial charge >= 0.3 is 0 Å². The molecular formula is C15H20FN3O. The molecule has 2 aromatic rings. The molecular weight excluding hydrogens is 257 g/mol. The van der Waals surface area contributed by atoms with Crippen molar-refractivity contribution in [2.75, 3.05) is 7.05 Å². The van der Waals surface area contributed by atoms with E-state index in [1.807, 2.05) is 37.7 Å². The molecule has 0 saturated carbocycles. The Bertz CT molecular complexity index is 568. The Hall–Kier alpha value is -1.88. The van der Waals surface area contributed by atoms with Crippen LogP contribution in [0.2, 0.25) is 0 Å². The van der Waals surface area contributed by atoms with Crippen LogP contribution in [0, 0.1) is 5.82 Å². The van der Waals surface area contributed by atoms with E-state index in [4.69, 9.17) is 4.74 Å². The monoisotopic (exact) mass is 277 g/mol. The van der Waals surface area contributed by atoms with Crippen molar-refractivity contribution in [3.63, 3.8) is 0 Å². The molecule has 0 spiro atoms. The first kappa shape index (κ1) is 14.5. The number of nitrogens with zero attached hydrogens (tertiary/aromatic N) is 2. The Morgan fingerprint density at radius 2 is 2.25 bits per heavy atom. The molecule has 0 amide bonds. The van der Waals surface area contributed by atoms with Gasteiger partial charge in [-0.05, 0) is 38.6 Å². The van der Waals surface area contributed by atoms with E-state index in [-0.39, 0.29) is 24.2 Å². The molecule has 0 aliphatic carbocycles. The highest BCUT2D eigenvalue weighted by Crippen LogP contribution is 2.22. The van der Waals surface area contributed by atoms with Gasteiger partial charge in [0.1, 0.15) is 12.4 Å². The van der Waals surface area contributed by atoms with Crippen molar-refractivity contribution in [2.45, 2.75) is 33.0 Å². The van der Waals surface area contributed by atoms with Crippen LogP contribution in [0.15, 0.2) is 30.6 Å². The van der Waals surface area contributed by atoms with Gasteiger partial charge in [0.15, 0.2) is 11.6 Å². The van der Waals surface area contributed by atoms with Gasteiger partial charge in [0.05, 0.1) is 0 Å². The van der Waals surface area contributed by atoms with Crippen LogP contribution in [0.1, 0.15) is 31.3 Å². The van der Waals surface area contributed by atoms with Crippen molar-refractivity contribution in [3.8, 4) is 5.75 Å². The summed E-state index contributed by atoms with van der Waals surface area (Å²) in [6.45, 7) is 5.09. The molecule has 1 unspecified atom stereocenters. The second-order valence-corrected chi connectivity index (χ2v) is 4.62. The number of nitrogens with one attached hydrogen (secondary N) is 1. The van der Waals surface area contributed by atoms with Gasteiger partial charge in [-0.25, -0.2) is 9.37 Å². The second kappa shape index (κ2) is 6.52. The third-order valence-corrected chi connectivity index (χ3v) is 3.39. The quantitative estimate of drug-likeness (QED) is 0.882. The molecule has 5 heteroatoms. The third-order valence-electron chi connectivity index (χ3n) is 3.39. The zero-order valence-electron chi connectivity index (χ0n) is 12.1. The zero-order chi connectivity index (χ0) is 14.5. The van der Waals surface area contributed by atoms with Crippen molar-refractivity contribution in [3.05, 3.63) is 47.8 Å². The number of imidazole rings is 1. The number of hydrogen-bond donors (Lipinski definition) is 1. The predicted octanol–water partition coefficient (Wildman–Crippen LogP) is 2.90. The highest BCUT2D eigenvalue weighted by atomic mass is 19.1. The molecule has 1 aromatic heterocycles. The van der Waals surface area contributed by atoms with Crippen molar-refractivity contribution >= 4 is 0 Å². The summed E-state index contributed by atoms with van der Waals surface area (Å²) in [5, 5.41) is 3.08. The van der Waals surface area contributed by atoms with Gasteiger partial charge in [-0.3, -0.25) is 0 Å². The van der Waals surface area contributed by atoms with Crippen LogP contribution in [-0.2, 0) is 13.2 Å². The van der Waals surface area contributed by atoms with E-state index < -0.39 is 0 Å². The van der Waals surface area contributed by atoms with E-state index >= 15 is 0 Å². The first-order valence-electron chi connectivity index (χ1n) is 6.75. The smallest absolute Gasteiger partial charge is 0.165 e. The van der Waals surface area contributed by atoms with Gasteiger partial charge in [0.25, 0.3) is 0 Å². The molecule has 108 valence electrons. The molecule has 0 saturated heterocycles. The summed E-state index contributed by atoms with van der Waals surface area (Å²) in [5.41, 5.74) is 0.896. The number of rotatable bonds is 6. The topological polar surface area (TPSA) is 39.1 Å². The number of aryl methyl sites for hydroxylation is 1. The molecule has 0 aliphatic rings. The largest absolute Gasteiger partial charge is 0.483 e. The lowest BCUT2D eigenvalue weighted by molar-refractivity contribution is 0.275. The maximum Gasteiger partial charge on any atom is 0.165 e. The third kappa shape index (κ3) is 3.17. The summed E-state index contributed by atoms with van der Waals surface area (Å²) in [7, 11) is 1.84. The van der Waals surface area contributed by atoms with Crippen LogP contribution in [-0.4, -0.2) is 16.6 Å². The van der Waals surface area contributed by atoms with Crippen LogP contribution in [0.25, 0.3) is 0 Å². The van der Waals surface area contributed by atoms with Crippen molar-refractivity contribution in [2.24, 2.45) is 0 Å². The molecule has 0 radical (unpaired) electrons. The SMILES string of the molecule is CCn1ccnc1COc1ccc(C(C)NC)cc1F. The summed E-state index contributed by atoms with van der Waals surface area (Å²) in [6.07, 6.45) is 3.60. The molecule has 4 nitrogen and oxygen atoms in total. The van der Waals surface area contributed by atoms with Gasteiger partial charge < -0.3 is 14.6 Å². The molecule has 1 aromatic carbocycles. The fourth-order valence-electron chi connectivity index (χ4n) is 1.98. The van der Waals surface area contributed by atoms with Crippen molar-refractivity contribution < 1.29 is 9.13 Å². The van der Waals surface area contributed by atoms with Gasteiger partial charge in [-0.1, -0.05) is 6.07 Å². The molecule has 0 bridgehead atoms. The van der Waals surface area contributed by atoms with E-state index in [0.29, 0.717) is 0 Å². The van der Waals surface area contributed by atoms with Gasteiger partial charge in [0.2, 0.25) is 0 Å². The highest BCUT2D eigenvalue weighted by molar-refractivity contribution is 5.30. The summed E-state index contributed by atoms with van der Waals surface area (Å²) in [5.74, 6) is 0.696. The first-order chi connectivity index (χ1) is 9.65. The minimum absolute atomic E-state index is 0.109. The molecule has 0 fully saturated rings. The van der Waals surface area contributed by atoms with Crippen LogP contribution in [0.5, 0.6) is 5.75 Å². The molecule has 0 aliphatic heterocycles. The lowest BCUT2D eigenvalue weighted by Crippen LogP contribution is -2.12. The molecule has 2 rings (SSSR count). The zero-order valence-corrected chi connectivity index (χ0v) is 12.1. The number of benzene rings is 1. The number of ether oxygens (including phenoxy) is 1. The Morgan fingerprint density at radius 3 is 2.90 bits per heavy atom. The van der Waals surface area contributed by atoms with Crippen LogP contribution in [0.3, 0.4) is 0 Å². The van der Waals surface area contributed by atoms with E-state index in [9.17, 15) is 4.39 Å². The normalized spacial score (nSPS) is 12.4. The minimum atomic E-state index is -0.348. The van der Waals surface area contributed by atoms with E-state index in [1.54, 1.807) is 12.3 Å². The summed E-state index contributed by atoms with van der Waals surface area (Å²) in [4.78, 5) is 4.20. The average Bonchev–Trinajstić information content (AvgIpc) is 2.92. The van der Waals surface area contributed by atoms with Crippen LogP contribution < -0.4 is 10.1 Å². The van der Waals surface area contributed by atoms with Gasteiger partial charge in [-0.15, -0.1) is 0 Å². The Morgan fingerprint density at radius 1 is 1.45 bits per heavy atom. The fraction of sp³-hybridized carbons (Fsp3) is 0.400. The minimum Gasteiger partial charge on any atom is -0.483 e. The Labute approximate surface area is 118 Å². The first-order valence-corrected chi connectivity index (χ1v) is 6.75. The summed E-state index contributed by atoms with van der Waals surface area (Å²) in [6, 6.07) is 5.14. The number of halogens is 1. The summed E-state index contributed by atoms with van der Waals surface area (Å²) < 4.78 is 21.5. The van der Waals surface area contributed by atoms with Gasteiger partial charge in [0, 0.05) is 25.0 Å². The fourth-order valence-corrected chi connectivity index (χ4v) is 1.98. The predicted molar refractivity (Wildman–Crippen MR) is 76.1 cm³/mol. The standard InChI is InChI=1S/C15H20FN3O/c1-4-19-8-7-18-15(19)10-20-14-6-5-12(9-13(14)16)11(2)17-3/h5-9,11,17H,4,10H2,1-3H3. The molecule has 1 N–H and O–H groups in total. The Balaban J connectivity index is 2.07. The highest BCUT2D eigenvalue weighted by Gasteiger charge is 2.10. The molecule has 1 atom stereocenters. The van der Waals surface area contributed by atoms with Crippen LogP contribution >= 0.6 is 0 Å². The number of aromatic nitrogens is 2. The van der Waals surface area contributed by atoms with Crippen molar-refractivity contribution in [1.82, 2.24) is 14.9 Å².